The Morgan fingerprint density at radius 2 is 2.05 bits per heavy atom. The lowest BCUT2D eigenvalue weighted by molar-refractivity contribution is -0.154. The maximum atomic E-state index is 12.6. The van der Waals surface area contributed by atoms with E-state index in [0.29, 0.717) is 12.3 Å². The smallest absolute Gasteiger partial charge is 0.323 e. The molecule has 0 spiro atoms. The van der Waals surface area contributed by atoms with E-state index in [4.69, 9.17) is 20.6 Å². The molecule has 5 atom stereocenters. The number of carbonyl (C=O) groups is 2. The van der Waals surface area contributed by atoms with Gasteiger partial charge in [-0.05, 0) is 36.3 Å². The molecule has 1 aliphatic carbocycles. The van der Waals surface area contributed by atoms with E-state index in [2.05, 4.69) is 15.3 Å². The first-order valence-corrected chi connectivity index (χ1v) is 12.9. The molecule has 0 radical (unpaired) electrons. The van der Waals surface area contributed by atoms with Gasteiger partial charge in [-0.2, -0.15) is 5.26 Å². The van der Waals surface area contributed by atoms with E-state index in [1.165, 1.54) is 18.6 Å². The summed E-state index contributed by atoms with van der Waals surface area (Å²) in [7, 11) is 0. The Morgan fingerprint density at radius 1 is 1.37 bits per heavy atom. The van der Waals surface area contributed by atoms with Crippen LogP contribution in [0.25, 0.3) is 0 Å². The lowest BCUT2D eigenvalue weighted by Crippen LogP contribution is -2.44. The van der Waals surface area contributed by atoms with Crippen LogP contribution >= 0.6 is 0 Å². The van der Waals surface area contributed by atoms with Gasteiger partial charge in [0.05, 0.1) is 11.4 Å². The molecular weight excluding hydrogens is 492 g/mol. The van der Waals surface area contributed by atoms with Crippen molar-refractivity contribution in [3.05, 3.63) is 23.5 Å². The third-order valence-electron chi connectivity index (χ3n) is 7.19. The fourth-order valence-electron chi connectivity index (χ4n) is 4.76. The van der Waals surface area contributed by atoms with Gasteiger partial charge in [0.1, 0.15) is 43.4 Å². The fourth-order valence-corrected chi connectivity index (χ4v) is 4.76. The highest BCUT2D eigenvalue weighted by Gasteiger charge is 2.57. The quantitative estimate of drug-likeness (QED) is 0.163. The number of aliphatic hydroxyl groups excluding tert-OH is 2. The van der Waals surface area contributed by atoms with Gasteiger partial charge in [0, 0.05) is 6.42 Å². The van der Waals surface area contributed by atoms with Gasteiger partial charge in [0.15, 0.2) is 5.84 Å². The van der Waals surface area contributed by atoms with E-state index in [9.17, 15) is 25.1 Å². The van der Waals surface area contributed by atoms with Crippen LogP contribution in [0.4, 0.5) is 0 Å². The predicted molar refractivity (Wildman–Crippen MR) is 138 cm³/mol. The highest BCUT2D eigenvalue weighted by Crippen LogP contribution is 2.39. The number of aliphatic hydroxyl groups is 2. The molecule has 12 heteroatoms. The van der Waals surface area contributed by atoms with Crippen LogP contribution < -0.4 is 11.1 Å². The first kappa shape index (κ1) is 29.4. The number of nitriles is 1. The second-order valence-electron chi connectivity index (χ2n) is 11.1. The topological polar surface area (TPSA) is 207 Å². The third-order valence-corrected chi connectivity index (χ3v) is 7.19. The van der Waals surface area contributed by atoms with Gasteiger partial charge in [-0.1, -0.05) is 40.0 Å². The standard InChI is InChI=1S/C26H38N6O6/c1-25(2,3)21(29)24(36)37-12-17-20(34)22(35)26(13-27,38-17)18-10-9-16(31-18)23(30-14-28)32-19(33)11-15-7-5-4-6-8-15/h9-10,14-15,17,20-22,31,34-35H,4-8,11-12,29H2,1-3H3,(H2,28,30,32,33)/t17-,20-,21-,22-,26+/m1/s1. The van der Waals surface area contributed by atoms with Crippen molar-refractivity contribution in [2.45, 2.75) is 89.3 Å². The highest BCUT2D eigenvalue weighted by atomic mass is 16.6. The van der Waals surface area contributed by atoms with Gasteiger partial charge in [-0.25, -0.2) is 4.99 Å². The normalized spacial score (nSPS) is 27.4. The number of nitrogens with zero attached hydrogens (tertiary/aromatic N) is 2. The summed E-state index contributed by atoms with van der Waals surface area (Å²) in [6, 6.07) is 3.99. The van der Waals surface area contributed by atoms with Crippen molar-refractivity contribution in [1.29, 1.82) is 10.7 Å². The summed E-state index contributed by atoms with van der Waals surface area (Å²) < 4.78 is 11.0. The van der Waals surface area contributed by atoms with E-state index < -0.39 is 47.9 Å². The molecular formula is C26H38N6O6. The summed E-state index contributed by atoms with van der Waals surface area (Å²) in [4.78, 5) is 31.8. The fraction of sp³-hybridized carbons (Fsp3) is 0.654. The number of aromatic amines is 1. The monoisotopic (exact) mass is 530 g/mol. The zero-order chi connectivity index (χ0) is 28.1. The number of rotatable bonds is 8. The molecule has 3 rings (SSSR count). The average molecular weight is 531 g/mol. The number of nitrogens with two attached hydrogens (primary N) is 1. The summed E-state index contributed by atoms with van der Waals surface area (Å²) in [6.45, 7) is 4.92. The molecule has 38 heavy (non-hydrogen) atoms. The predicted octanol–water partition coefficient (Wildman–Crippen LogP) is 1.21. The Hall–Kier alpha value is -3.11. The molecule has 12 nitrogen and oxygen atoms in total. The number of ether oxygens (including phenoxy) is 2. The lowest BCUT2D eigenvalue weighted by Gasteiger charge is -2.26. The summed E-state index contributed by atoms with van der Waals surface area (Å²) in [6.07, 6.45) is 2.11. The highest BCUT2D eigenvalue weighted by molar-refractivity contribution is 6.09. The number of hydrogen-bond donors (Lipinski definition) is 6. The van der Waals surface area contributed by atoms with Gasteiger partial charge in [0.2, 0.25) is 11.5 Å². The molecule has 7 N–H and O–H groups in total. The molecule has 208 valence electrons. The number of amides is 1. The average Bonchev–Trinajstić information content (AvgIpc) is 3.46. The number of hydrogen-bond acceptors (Lipinski definition) is 9. The zero-order valence-corrected chi connectivity index (χ0v) is 22.1. The number of aliphatic imine (C=N–C) groups is 1. The van der Waals surface area contributed by atoms with Gasteiger partial charge < -0.3 is 35.7 Å². The van der Waals surface area contributed by atoms with Gasteiger partial charge >= 0.3 is 5.97 Å². The number of esters is 1. The maximum absolute atomic E-state index is 12.6. The molecule has 2 fully saturated rings. The molecule has 1 aromatic rings. The second kappa shape index (κ2) is 12.2. The van der Waals surface area contributed by atoms with E-state index in [0.717, 1.165) is 32.0 Å². The molecule has 2 aliphatic rings. The first-order valence-electron chi connectivity index (χ1n) is 12.9. The third kappa shape index (κ3) is 6.47. The van der Waals surface area contributed by atoms with Crippen LogP contribution in [0.3, 0.4) is 0 Å². The van der Waals surface area contributed by atoms with Crippen LogP contribution in [0.5, 0.6) is 0 Å². The van der Waals surface area contributed by atoms with E-state index in [-0.39, 0.29) is 23.1 Å². The Bertz CT molecular complexity index is 1080. The van der Waals surface area contributed by atoms with Crippen LogP contribution in [0.15, 0.2) is 17.1 Å². The van der Waals surface area contributed by atoms with Crippen molar-refractivity contribution in [3.8, 4) is 6.07 Å². The molecule has 2 heterocycles. The Labute approximate surface area is 222 Å². The molecule has 1 aliphatic heterocycles. The van der Waals surface area contributed by atoms with Gasteiger partial charge in [-0.3, -0.25) is 15.0 Å². The molecule has 1 saturated carbocycles. The van der Waals surface area contributed by atoms with Crippen LogP contribution in [-0.2, 0) is 24.7 Å². The minimum absolute atomic E-state index is 0.0785. The van der Waals surface area contributed by atoms with Crippen LogP contribution in [0.2, 0.25) is 0 Å². The van der Waals surface area contributed by atoms with Gasteiger partial charge in [0.25, 0.3) is 0 Å². The van der Waals surface area contributed by atoms with Crippen LogP contribution in [0.1, 0.15) is 70.7 Å². The van der Waals surface area contributed by atoms with Crippen molar-refractivity contribution in [3.63, 3.8) is 0 Å². The van der Waals surface area contributed by atoms with Crippen molar-refractivity contribution in [2.24, 2.45) is 22.1 Å². The molecule has 0 aromatic carbocycles. The van der Waals surface area contributed by atoms with Crippen LogP contribution in [0, 0.1) is 28.1 Å². The minimum Gasteiger partial charge on any atom is -0.462 e. The number of carbonyl (C=O) groups excluding carboxylic acids is 2. The summed E-state index contributed by atoms with van der Waals surface area (Å²) in [5, 5.41) is 41.5. The van der Waals surface area contributed by atoms with Crippen molar-refractivity contribution in [1.82, 2.24) is 10.3 Å². The molecule has 0 bridgehead atoms. The van der Waals surface area contributed by atoms with E-state index in [1.807, 2.05) is 6.07 Å². The number of H-pyrrole nitrogens is 1. The van der Waals surface area contributed by atoms with Crippen molar-refractivity contribution in [2.75, 3.05) is 6.61 Å². The summed E-state index contributed by atoms with van der Waals surface area (Å²) >= 11 is 0. The molecule has 1 aromatic heterocycles. The summed E-state index contributed by atoms with van der Waals surface area (Å²) in [5.41, 5.74) is 3.73. The minimum atomic E-state index is -2.01. The van der Waals surface area contributed by atoms with E-state index >= 15 is 0 Å². The summed E-state index contributed by atoms with van der Waals surface area (Å²) in [5.74, 6) is -0.546. The van der Waals surface area contributed by atoms with Crippen LogP contribution in [-0.4, -0.2) is 70.2 Å². The SMILES string of the molecule is CC(C)(C)[C@H](N)C(=O)OC[C@H]1O[C@@](C#N)(c2ccc(C(=NC=N)NC(=O)CC3CCCCC3)[nH]2)[C@H](O)[C@@H]1O. The molecule has 1 amide bonds. The number of aromatic nitrogens is 1. The lowest BCUT2D eigenvalue weighted by atomic mass is 9.87. The Balaban J connectivity index is 1.73. The molecule has 1 saturated heterocycles. The van der Waals surface area contributed by atoms with Gasteiger partial charge in [-0.15, -0.1) is 0 Å². The van der Waals surface area contributed by atoms with Crippen molar-refractivity contribution < 1.29 is 29.3 Å². The van der Waals surface area contributed by atoms with E-state index in [1.54, 1.807) is 20.8 Å². The Kier molecular flexibility index (Phi) is 9.43. The second-order valence-corrected chi connectivity index (χ2v) is 11.1. The number of amidine groups is 1. The largest absolute Gasteiger partial charge is 0.462 e. The van der Waals surface area contributed by atoms with Crippen molar-refractivity contribution >= 4 is 24.1 Å². The Morgan fingerprint density at radius 3 is 2.66 bits per heavy atom. The zero-order valence-electron chi connectivity index (χ0n) is 22.1. The maximum Gasteiger partial charge on any atom is 0.323 e. The number of nitrogens with one attached hydrogen (secondary N) is 3. The molecule has 0 unspecified atom stereocenters. The first-order chi connectivity index (χ1) is 17.9.